The summed E-state index contributed by atoms with van der Waals surface area (Å²) in [6, 6.07) is 9.82. The van der Waals surface area contributed by atoms with E-state index in [1.165, 1.54) is 11.8 Å². The Kier molecular flexibility index (Phi) is 7.45. The Balaban J connectivity index is 1.59. The number of aliphatic hydroxyl groups excluding tert-OH is 1. The summed E-state index contributed by atoms with van der Waals surface area (Å²) < 4.78 is 6.16. The van der Waals surface area contributed by atoms with Gasteiger partial charge in [-0.15, -0.1) is 11.8 Å². The van der Waals surface area contributed by atoms with E-state index in [0.717, 1.165) is 38.1 Å². The molecule has 0 aliphatic carbocycles. The molecule has 4 N–H and O–H groups in total. The number of aliphatic hydroxyl groups is 1. The predicted octanol–water partition coefficient (Wildman–Crippen LogP) is 5.25. The molecule has 1 saturated heterocycles. The maximum atomic E-state index is 13.5. The van der Waals surface area contributed by atoms with Gasteiger partial charge in [0.1, 0.15) is 5.60 Å². The van der Waals surface area contributed by atoms with Crippen LogP contribution in [0.1, 0.15) is 69.7 Å². The molecule has 1 aliphatic heterocycles. The van der Waals surface area contributed by atoms with E-state index in [9.17, 15) is 14.7 Å². The van der Waals surface area contributed by atoms with E-state index >= 15 is 0 Å². The number of nitrogens with two attached hydrogens (primary N) is 1. The molecule has 0 amide bonds. The van der Waals surface area contributed by atoms with Gasteiger partial charge < -0.3 is 15.6 Å². The zero-order valence-corrected chi connectivity index (χ0v) is 23.3. The molecule has 0 spiro atoms. The van der Waals surface area contributed by atoms with Crippen LogP contribution in [0.4, 0.5) is 5.82 Å². The first-order chi connectivity index (χ1) is 17.4. The van der Waals surface area contributed by atoms with Crippen LogP contribution in [0, 0.1) is 12.8 Å². The topological polar surface area (TPSA) is 118 Å². The third-order valence-corrected chi connectivity index (χ3v) is 8.80. The Bertz CT molecular complexity index is 1320. The second kappa shape index (κ2) is 10.1. The molecule has 198 valence electrons. The van der Waals surface area contributed by atoms with Crippen LogP contribution in [-0.2, 0) is 32.8 Å². The van der Waals surface area contributed by atoms with Crippen LogP contribution in [0.25, 0.3) is 10.9 Å². The van der Waals surface area contributed by atoms with Crippen LogP contribution >= 0.6 is 11.8 Å². The van der Waals surface area contributed by atoms with Crippen LogP contribution in [0.2, 0.25) is 0 Å². The molecule has 0 saturated carbocycles. The first kappa shape index (κ1) is 27.2. The summed E-state index contributed by atoms with van der Waals surface area (Å²) in [6.07, 6.45) is 1.29. The van der Waals surface area contributed by atoms with Gasteiger partial charge in [-0.2, -0.15) is 5.10 Å². The summed E-state index contributed by atoms with van der Waals surface area (Å²) in [5, 5.41) is 16.8. The summed E-state index contributed by atoms with van der Waals surface area (Å²) in [5.74, 6) is -0.197. The maximum Gasteiger partial charge on any atom is 0.327 e. The number of nitrogens with one attached hydrogen (secondary N) is 1. The average Bonchev–Trinajstić information content (AvgIpc) is 3.20. The number of H-pyrrole nitrogens is 1. The fraction of sp³-hybridized carbons (Fsp3) is 0.483. The van der Waals surface area contributed by atoms with Crippen molar-refractivity contribution < 1.29 is 19.4 Å². The number of Topliss-reactive ketones (excluding diaryl/α,β-unsaturated/α-hetero) is 1. The number of hydrogen-bond acceptors (Lipinski definition) is 7. The number of esters is 1. The van der Waals surface area contributed by atoms with Crippen LogP contribution in [-0.4, -0.2) is 37.9 Å². The molecule has 2 unspecified atom stereocenters. The third kappa shape index (κ3) is 5.27. The van der Waals surface area contributed by atoms with Gasteiger partial charge in [0.25, 0.3) is 0 Å². The van der Waals surface area contributed by atoms with Crippen molar-refractivity contribution in [2.75, 3.05) is 5.73 Å². The van der Waals surface area contributed by atoms with Crippen molar-refractivity contribution in [1.82, 2.24) is 10.2 Å². The summed E-state index contributed by atoms with van der Waals surface area (Å²) in [4.78, 5) is 27.8. The number of anilines is 1. The van der Waals surface area contributed by atoms with Crippen molar-refractivity contribution in [2.24, 2.45) is 5.92 Å². The Labute approximate surface area is 222 Å². The molecule has 0 radical (unpaired) electrons. The third-order valence-electron chi connectivity index (χ3n) is 7.52. The van der Waals surface area contributed by atoms with Crippen molar-refractivity contribution >= 4 is 40.2 Å². The second-order valence-electron chi connectivity index (χ2n) is 11.4. The molecule has 1 aromatic heterocycles. The lowest BCUT2D eigenvalue weighted by Crippen LogP contribution is -2.52. The molecule has 8 heteroatoms. The van der Waals surface area contributed by atoms with Crippen molar-refractivity contribution in [2.45, 2.75) is 88.6 Å². The molecule has 3 aromatic rings. The minimum Gasteiger partial charge on any atom is -0.457 e. The van der Waals surface area contributed by atoms with E-state index in [1.54, 1.807) is 0 Å². The van der Waals surface area contributed by atoms with E-state index in [-0.39, 0.29) is 30.1 Å². The van der Waals surface area contributed by atoms with Crippen molar-refractivity contribution in [1.29, 1.82) is 0 Å². The highest BCUT2D eigenvalue weighted by molar-refractivity contribution is 8.01. The fourth-order valence-electron chi connectivity index (χ4n) is 5.11. The summed E-state index contributed by atoms with van der Waals surface area (Å²) >= 11 is 1.26. The number of fused-ring (bicyclic) bond motifs is 1. The first-order valence-electron chi connectivity index (χ1n) is 12.7. The van der Waals surface area contributed by atoms with Crippen LogP contribution in [0.15, 0.2) is 35.2 Å². The number of carbonyl (C=O) groups excluding carboxylic acids is 2. The second-order valence-corrected chi connectivity index (χ2v) is 12.6. The number of ether oxygens (including phenoxy) is 1. The summed E-state index contributed by atoms with van der Waals surface area (Å²) in [7, 11) is 0. The molecule has 1 fully saturated rings. The number of thioether (sulfide) groups is 1. The van der Waals surface area contributed by atoms with Crippen molar-refractivity contribution in [3.8, 4) is 0 Å². The standard InChI is InChI=1S/C29H37N3O4S/c1-16(2)29(11-10-18-8-7-9-21-24(18)26(30)32-31-21)14-22(34)25(27(35)36-29)37-23-12-17(3)19(15-33)13-20(23)28(4,5)6/h7-9,12-13,16,25,33H,10-11,14-15H2,1-6H3,(H3,30,31,32). The van der Waals surface area contributed by atoms with Gasteiger partial charge in [-0.3, -0.25) is 14.7 Å². The number of aromatic nitrogens is 2. The lowest BCUT2D eigenvalue weighted by atomic mass is 9.78. The molecule has 0 bridgehead atoms. The smallest absolute Gasteiger partial charge is 0.327 e. The average molecular weight is 524 g/mol. The van der Waals surface area contributed by atoms with E-state index in [1.807, 2.05) is 51.1 Å². The number of rotatable bonds is 7. The summed E-state index contributed by atoms with van der Waals surface area (Å²) in [6.45, 7) is 12.1. The molecule has 1 aliphatic rings. The number of aryl methyl sites for hydroxylation is 2. The summed E-state index contributed by atoms with van der Waals surface area (Å²) in [5.41, 5.74) is 9.63. The molecular weight excluding hydrogens is 486 g/mol. The molecule has 2 aromatic carbocycles. The molecule has 7 nitrogen and oxygen atoms in total. The minimum absolute atomic E-state index is 0.0385. The van der Waals surface area contributed by atoms with E-state index in [2.05, 4.69) is 31.0 Å². The van der Waals surface area contributed by atoms with E-state index < -0.39 is 16.8 Å². The van der Waals surface area contributed by atoms with Gasteiger partial charge >= 0.3 is 5.97 Å². The predicted molar refractivity (Wildman–Crippen MR) is 148 cm³/mol. The largest absolute Gasteiger partial charge is 0.457 e. The highest BCUT2D eigenvalue weighted by Gasteiger charge is 2.49. The lowest BCUT2D eigenvalue weighted by molar-refractivity contribution is -0.176. The zero-order valence-electron chi connectivity index (χ0n) is 22.5. The van der Waals surface area contributed by atoms with E-state index in [0.29, 0.717) is 18.7 Å². The lowest BCUT2D eigenvalue weighted by Gasteiger charge is -2.42. The number of benzene rings is 2. The Morgan fingerprint density at radius 3 is 2.59 bits per heavy atom. The number of nitrogen functional groups attached to an aromatic ring is 1. The highest BCUT2D eigenvalue weighted by Crippen LogP contribution is 2.43. The van der Waals surface area contributed by atoms with Crippen LogP contribution < -0.4 is 5.73 Å². The van der Waals surface area contributed by atoms with Gasteiger partial charge in [0.2, 0.25) is 0 Å². The van der Waals surface area contributed by atoms with Crippen LogP contribution in [0.5, 0.6) is 0 Å². The van der Waals surface area contributed by atoms with Crippen LogP contribution in [0.3, 0.4) is 0 Å². The molecule has 37 heavy (non-hydrogen) atoms. The number of cyclic esters (lactones) is 1. The highest BCUT2D eigenvalue weighted by atomic mass is 32.2. The fourth-order valence-corrected chi connectivity index (χ4v) is 6.46. The monoisotopic (exact) mass is 523 g/mol. The first-order valence-corrected chi connectivity index (χ1v) is 13.6. The SMILES string of the molecule is Cc1cc(SC2C(=O)CC(CCc3cccc4[nH]nc(N)c34)(C(C)C)OC2=O)c(C(C)(C)C)cc1CO. The Morgan fingerprint density at radius 1 is 1.24 bits per heavy atom. The number of carbonyl (C=O) groups is 2. The minimum atomic E-state index is -0.916. The van der Waals surface area contributed by atoms with Gasteiger partial charge in [-0.1, -0.05) is 52.8 Å². The van der Waals surface area contributed by atoms with Gasteiger partial charge in [0, 0.05) is 16.7 Å². The Hall–Kier alpha value is -2.84. The van der Waals surface area contributed by atoms with Gasteiger partial charge in [0.05, 0.1) is 12.1 Å². The van der Waals surface area contributed by atoms with Gasteiger partial charge in [-0.05, 0) is 65.5 Å². The van der Waals surface area contributed by atoms with Crippen molar-refractivity contribution in [3.05, 3.63) is 52.6 Å². The van der Waals surface area contributed by atoms with Gasteiger partial charge in [0.15, 0.2) is 16.9 Å². The normalized spacial score (nSPS) is 20.6. The number of nitrogens with zero attached hydrogens (tertiary/aromatic N) is 1. The zero-order chi connectivity index (χ0) is 27.1. The maximum absolute atomic E-state index is 13.5. The Morgan fingerprint density at radius 2 is 1.97 bits per heavy atom. The van der Waals surface area contributed by atoms with Gasteiger partial charge in [-0.25, -0.2) is 0 Å². The molecule has 2 atom stereocenters. The molecule has 2 heterocycles. The number of ketones is 1. The molecular formula is C29H37N3O4S. The van der Waals surface area contributed by atoms with E-state index in [4.69, 9.17) is 10.5 Å². The quantitative estimate of drug-likeness (QED) is 0.286. The number of hydrogen-bond donors (Lipinski definition) is 3. The van der Waals surface area contributed by atoms with Crippen molar-refractivity contribution in [3.63, 3.8) is 0 Å². The number of aromatic amines is 1. The molecule has 4 rings (SSSR count).